The molecular weight excluding hydrogens is 184 g/mol. The number of aryl methyl sites for hydroxylation is 1. The minimum atomic E-state index is -0.0313. The molecule has 14 heavy (non-hydrogen) atoms. The predicted octanol–water partition coefficient (Wildman–Crippen LogP) is 1.19. The Hall–Kier alpha value is -1.84. The molecule has 1 N–H and O–H groups in total. The van der Waals surface area contributed by atoms with Crippen molar-refractivity contribution in [3.05, 3.63) is 28.8 Å². The number of hydrogen-bond acceptors (Lipinski definition) is 4. The number of benzene rings is 1. The molecule has 74 valence electrons. The largest absolute Gasteiger partial charge is 0.508 e. The average molecular weight is 194 g/mol. The summed E-state index contributed by atoms with van der Waals surface area (Å²) in [5.41, 5.74) is 1.59. The van der Waals surface area contributed by atoms with Crippen LogP contribution in [0.3, 0.4) is 0 Å². The third-order valence-electron chi connectivity index (χ3n) is 1.90. The van der Waals surface area contributed by atoms with Crippen LogP contribution in [0.5, 0.6) is 5.75 Å². The summed E-state index contributed by atoms with van der Waals surface area (Å²) in [5.74, 6) is 0.0231. The summed E-state index contributed by atoms with van der Waals surface area (Å²) in [5, 5.41) is 9.43. The molecule has 0 aromatic heterocycles. The predicted molar refractivity (Wildman–Crippen MR) is 49.1 cm³/mol. The molecule has 1 aromatic rings. The van der Waals surface area contributed by atoms with Gasteiger partial charge in [-0.3, -0.25) is 9.59 Å². The van der Waals surface area contributed by atoms with Gasteiger partial charge in [0.05, 0.1) is 0 Å². The molecule has 4 heteroatoms. The monoisotopic (exact) mass is 194 g/mol. The number of aromatic hydroxyl groups is 1. The van der Waals surface area contributed by atoms with Crippen molar-refractivity contribution in [3.8, 4) is 5.75 Å². The Balaban J connectivity index is 3.03. The van der Waals surface area contributed by atoms with Gasteiger partial charge in [-0.15, -0.1) is 0 Å². The fourth-order valence-electron chi connectivity index (χ4n) is 1.12. The van der Waals surface area contributed by atoms with Gasteiger partial charge in [-0.1, -0.05) is 0 Å². The van der Waals surface area contributed by atoms with Crippen molar-refractivity contribution in [1.29, 1.82) is 0 Å². The second-order valence-electron chi connectivity index (χ2n) is 2.86. The Kier molecular flexibility index (Phi) is 3.23. The quantitative estimate of drug-likeness (QED) is 0.731. The molecule has 0 aliphatic heterocycles. The van der Waals surface area contributed by atoms with Gasteiger partial charge >= 0.3 is 0 Å². The molecule has 0 saturated heterocycles. The van der Waals surface area contributed by atoms with Crippen molar-refractivity contribution < 1.29 is 19.4 Å². The van der Waals surface area contributed by atoms with Crippen molar-refractivity contribution in [2.75, 3.05) is 0 Å². The zero-order valence-electron chi connectivity index (χ0n) is 7.69. The molecule has 0 radical (unpaired) electrons. The number of hydrogen-bond donors (Lipinski definition) is 1. The van der Waals surface area contributed by atoms with Crippen LogP contribution in [0, 0.1) is 6.92 Å². The number of phenolic OH excluding ortho intramolecular Hbond substituents is 1. The number of ether oxygens (including phenoxy) is 1. The summed E-state index contributed by atoms with van der Waals surface area (Å²) < 4.78 is 4.48. The minimum Gasteiger partial charge on any atom is -0.508 e. The topological polar surface area (TPSA) is 63.6 Å². The normalized spacial score (nSPS) is 9.50. The van der Waals surface area contributed by atoms with E-state index in [2.05, 4.69) is 4.74 Å². The molecule has 1 rings (SSSR count). The second-order valence-corrected chi connectivity index (χ2v) is 2.86. The van der Waals surface area contributed by atoms with E-state index in [0.717, 1.165) is 0 Å². The smallest absolute Gasteiger partial charge is 0.293 e. The minimum absolute atomic E-state index is 0.0231. The summed E-state index contributed by atoms with van der Waals surface area (Å²) in [4.78, 5) is 20.5. The molecule has 1 aromatic carbocycles. The average Bonchev–Trinajstić information content (AvgIpc) is 2.17. The maximum absolute atomic E-state index is 10.6. The lowest BCUT2D eigenvalue weighted by molar-refractivity contribution is -0.129. The van der Waals surface area contributed by atoms with Crippen LogP contribution < -0.4 is 0 Å². The molecule has 0 spiro atoms. The van der Waals surface area contributed by atoms with E-state index in [9.17, 15) is 14.7 Å². The SMILES string of the molecule is Cc1cc(O)c(COC=O)cc1C=O. The first-order valence-electron chi connectivity index (χ1n) is 4.02. The van der Waals surface area contributed by atoms with Gasteiger partial charge in [-0.2, -0.15) is 0 Å². The molecule has 4 nitrogen and oxygen atoms in total. The van der Waals surface area contributed by atoms with Gasteiger partial charge in [0, 0.05) is 11.1 Å². The molecule has 0 aliphatic carbocycles. The van der Waals surface area contributed by atoms with Crippen LogP contribution in [-0.4, -0.2) is 17.9 Å². The lowest BCUT2D eigenvalue weighted by atomic mass is 10.1. The lowest BCUT2D eigenvalue weighted by Crippen LogP contribution is -1.95. The van der Waals surface area contributed by atoms with Gasteiger partial charge in [0.2, 0.25) is 0 Å². The zero-order chi connectivity index (χ0) is 10.6. The molecule has 0 unspecified atom stereocenters. The Morgan fingerprint density at radius 1 is 1.43 bits per heavy atom. The lowest BCUT2D eigenvalue weighted by Gasteiger charge is -2.06. The molecule has 0 fully saturated rings. The van der Waals surface area contributed by atoms with Crippen LogP contribution in [0.4, 0.5) is 0 Å². The molecule has 0 aliphatic rings. The van der Waals surface area contributed by atoms with Crippen LogP contribution in [0.25, 0.3) is 0 Å². The third-order valence-corrected chi connectivity index (χ3v) is 1.90. The summed E-state index contributed by atoms with van der Waals surface area (Å²) in [7, 11) is 0. The summed E-state index contributed by atoms with van der Waals surface area (Å²) in [6, 6.07) is 2.97. The zero-order valence-corrected chi connectivity index (χ0v) is 7.69. The van der Waals surface area contributed by atoms with E-state index in [-0.39, 0.29) is 12.4 Å². The van der Waals surface area contributed by atoms with Gasteiger partial charge in [0.15, 0.2) is 0 Å². The van der Waals surface area contributed by atoms with E-state index < -0.39 is 0 Å². The summed E-state index contributed by atoms with van der Waals surface area (Å²) >= 11 is 0. The van der Waals surface area contributed by atoms with Crippen molar-refractivity contribution in [2.45, 2.75) is 13.5 Å². The fourth-order valence-corrected chi connectivity index (χ4v) is 1.12. The number of carbonyl (C=O) groups is 2. The number of rotatable bonds is 4. The Morgan fingerprint density at radius 3 is 2.71 bits per heavy atom. The van der Waals surface area contributed by atoms with Gasteiger partial charge in [-0.05, 0) is 24.6 Å². The highest BCUT2D eigenvalue weighted by Crippen LogP contribution is 2.21. The van der Waals surface area contributed by atoms with Gasteiger partial charge in [-0.25, -0.2) is 0 Å². The molecule has 0 saturated carbocycles. The molecule has 0 heterocycles. The van der Waals surface area contributed by atoms with E-state index in [1.165, 1.54) is 12.1 Å². The van der Waals surface area contributed by atoms with Crippen molar-refractivity contribution in [3.63, 3.8) is 0 Å². The Bertz CT molecular complexity index is 357. The van der Waals surface area contributed by atoms with E-state index in [1.807, 2.05) is 0 Å². The Labute approximate surface area is 81.1 Å². The number of phenols is 1. The van der Waals surface area contributed by atoms with Crippen molar-refractivity contribution in [1.82, 2.24) is 0 Å². The van der Waals surface area contributed by atoms with Crippen LogP contribution in [0.2, 0.25) is 0 Å². The summed E-state index contributed by atoms with van der Waals surface area (Å²) in [6.07, 6.45) is 0.694. The molecular formula is C10H10O4. The summed E-state index contributed by atoms with van der Waals surface area (Å²) in [6.45, 7) is 1.98. The molecule has 0 bridgehead atoms. The maximum atomic E-state index is 10.6. The third kappa shape index (κ3) is 2.10. The van der Waals surface area contributed by atoms with E-state index >= 15 is 0 Å². The number of carbonyl (C=O) groups excluding carboxylic acids is 2. The highest BCUT2D eigenvalue weighted by molar-refractivity contribution is 5.78. The van der Waals surface area contributed by atoms with Crippen molar-refractivity contribution in [2.24, 2.45) is 0 Å². The fraction of sp³-hybridized carbons (Fsp3) is 0.200. The van der Waals surface area contributed by atoms with Gasteiger partial charge in [0.1, 0.15) is 18.6 Å². The first-order chi connectivity index (χ1) is 6.69. The van der Waals surface area contributed by atoms with E-state index in [4.69, 9.17) is 0 Å². The highest BCUT2D eigenvalue weighted by atomic mass is 16.5. The first kappa shape index (κ1) is 10.2. The maximum Gasteiger partial charge on any atom is 0.293 e. The molecule has 0 amide bonds. The van der Waals surface area contributed by atoms with E-state index in [0.29, 0.717) is 29.4 Å². The highest BCUT2D eigenvalue weighted by Gasteiger charge is 2.06. The van der Waals surface area contributed by atoms with Gasteiger partial charge < -0.3 is 9.84 Å². The van der Waals surface area contributed by atoms with E-state index in [1.54, 1.807) is 6.92 Å². The first-order valence-corrected chi connectivity index (χ1v) is 4.02. The van der Waals surface area contributed by atoms with Crippen LogP contribution >= 0.6 is 0 Å². The van der Waals surface area contributed by atoms with Gasteiger partial charge in [0.25, 0.3) is 6.47 Å². The van der Waals surface area contributed by atoms with Crippen LogP contribution in [0.15, 0.2) is 12.1 Å². The van der Waals surface area contributed by atoms with Crippen LogP contribution in [-0.2, 0) is 16.1 Å². The Morgan fingerprint density at radius 2 is 2.14 bits per heavy atom. The number of aldehydes is 1. The van der Waals surface area contributed by atoms with Crippen LogP contribution in [0.1, 0.15) is 21.5 Å². The van der Waals surface area contributed by atoms with Crippen molar-refractivity contribution >= 4 is 12.8 Å². The standard InChI is InChI=1S/C10H10O4/c1-7-2-10(13)9(5-14-6-12)3-8(7)4-11/h2-4,6,13H,5H2,1H3. The molecule has 0 atom stereocenters. The second kappa shape index (κ2) is 4.41.